The highest BCUT2D eigenvalue weighted by Crippen LogP contribution is 2.25. The number of halogens is 2. The lowest BCUT2D eigenvalue weighted by Crippen LogP contribution is -1.99. The van der Waals surface area contributed by atoms with E-state index in [2.05, 4.69) is 20.2 Å². The van der Waals surface area contributed by atoms with Crippen molar-refractivity contribution in [3.05, 3.63) is 46.8 Å². The van der Waals surface area contributed by atoms with Crippen LogP contribution in [0.2, 0.25) is 10.0 Å². The van der Waals surface area contributed by atoms with Gasteiger partial charge in [-0.2, -0.15) is 10.1 Å². The van der Waals surface area contributed by atoms with E-state index >= 15 is 0 Å². The second-order valence-corrected chi connectivity index (χ2v) is 4.64. The van der Waals surface area contributed by atoms with E-state index < -0.39 is 0 Å². The minimum atomic E-state index is 0.362. The standard InChI is InChI=1S/C11H7Cl2N5O/c12-8-1-7(2-9(13)3-8)11-16-10(19-17-11)4-18-6-14-5-15-18/h1-3,5-6H,4H2. The molecule has 0 saturated carbocycles. The minimum absolute atomic E-state index is 0.362. The number of rotatable bonds is 3. The predicted molar refractivity (Wildman–Crippen MR) is 68.9 cm³/mol. The third-order valence-corrected chi connectivity index (χ3v) is 2.79. The van der Waals surface area contributed by atoms with E-state index in [0.717, 1.165) is 0 Å². The third kappa shape index (κ3) is 2.74. The maximum Gasteiger partial charge on any atom is 0.248 e. The van der Waals surface area contributed by atoms with Crippen LogP contribution in [0.4, 0.5) is 0 Å². The molecule has 2 aromatic heterocycles. The molecule has 0 fully saturated rings. The van der Waals surface area contributed by atoms with Gasteiger partial charge in [0, 0.05) is 15.6 Å². The Labute approximate surface area is 118 Å². The molecule has 0 radical (unpaired) electrons. The lowest BCUT2D eigenvalue weighted by Gasteiger charge is -1.97. The van der Waals surface area contributed by atoms with Crippen molar-refractivity contribution in [3.8, 4) is 11.4 Å². The lowest BCUT2D eigenvalue weighted by molar-refractivity contribution is 0.366. The molecule has 2 heterocycles. The summed E-state index contributed by atoms with van der Waals surface area (Å²) < 4.78 is 6.72. The van der Waals surface area contributed by atoms with Crippen molar-refractivity contribution in [2.75, 3.05) is 0 Å². The van der Waals surface area contributed by atoms with Crippen molar-refractivity contribution in [2.45, 2.75) is 6.54 Å². The summed E-state index contributed by atoms with van der Waals surface area (Å²) in [7, 11) is 0. The van der Waals surface area contributed by atoms with E-state index in [-0.39, 0.29) is 0 Å². The highest BCUT2D eigenvalue weighted by Gasteiger charge is 2.10. The van der Waals surface area contributed by atoms with Gasteiger partial charge < -0.3 is 4.52 Å². The van der Waals surface area contributed by atoms with Crippen LogP contribution in [0.1, 0.15) is 5.89 Å². The largest absolute Gasteiger partial charge is 0.337 e. The van der Waals surface area contributed by atoms with Crippen molar-refractivity contribution >= 4 is 23.2 Å². The molecule has 19 heavy (non-hydrogen) atoms. The number of hydrogen-bond acceptors (Lipinski definition) is 5. The second kappa shape index (κ2) is 4.99. The van der Waals surface area contributed by atoms with Crippen LogP contribution < -0.4 is 0 Å². The van der Waals surface area contributed by atoms with Gasteiger partial charge in [-0.1, -0.05) is 28.4 Å². The molecule has 0 spiro atoms. The smallest absolute Gasteiger partial charge is 0.248 e. The molecule has 0 saturated heterocycles. The summed E-state index contributed by atoms with van der Waals surface area (Å²) in [5.74, 6) is 0.858. The van der Waals surface area contributed by atoms with Crippen LogP contribution >= 0.6 is 23.2 Å². The summed E-state index contributed by atoms with van der Waals surface area (Å²) in [6, 6.07) is 5.08. The van der Waals surface area contributed by atoms with E-state index in [9.17, 15) is 0 Å². The van der Waals surface area contributed by atoms with Crippen LogP contribution in [0.15, 0.2) is 35.4 Å². The van der Waals surface area contributed by atoms with Gasteiger partial charge in [-0.15, -0.1) is 0 Å². The summed E-state index contributed by atoms with van der Waals surface area (Å²) in [5, 5.41) is 8.88. The number of benzene rings is 1. The zero-order chi connectivity index (χ0) is 13.2. The minimum Gasteiger partial charge on any atom is -0.337 e. The Bertz CT molecular complexity index is 675. The van der Waals surface area contributed by atoms with Crippen molar-refractivity contribution in [1.29, 1.82) is 0 Å². The van der Waals surface area contributed by atoms with Crippen molar-refractivity contribution in [3.63, 3.8) is 0 Å². The molecular formula is C11H7Cl2N5O. The molecule has 8 heteroatoms. The quantitative estimate of drug-likeness (QED) is 0.743. The fourth-order valence-electron chi connectivity index (χ4n) is 1.57. The van der Waals surface area contributed by atoms with E-state index in [1.54, 1.807) is 29.2 Å². The maximum absolute atomic E-state index is 5.93. The summed E-state index contributed by atoms with van der Waals surface area (Å²) >= 11 is 11.9. The Morgan fingerprint density at radius 3 is 2.63 bits per heavy atom. The van der Waals surface area contributed by atoms with Crippen molar-refractivity contribution < 1.29 is 4.52 Å². The highest BCUT2D eigenvalue weighted by atomic mass is 35.5. The van der Waals surface area contributed by atoms with Gasteiger partial charge in [-0.25, -0.2) is 9.67 Å². The van der Waals surface area contributed by atoms with Crippen LogP contribution in [-0.2, 0) is 6.54 Å². The molecular weight excluding hydrogens is 289 g/mol. The molecule has 6 nitrogen and oxygen atoms in total. The molecule has 1 aromatic carbocycles. The molecule has 0 aliphatic heterocycles. The Morgan fingerprint density at radius 1 is 1.16 bits per heavy atom. The first-order valence-corrected chi connectivity index (χ1v) is 6.08. The van der Waals surface area contributed by atoms with Gasteiger partial charge in [0.15, 0.2) is 0 Å². The summed E-state index contributed by atoms with van der Waals surface area (Å²) in [4.78, 5) is 8.09. The Hall–Kier alpha value is -1.92. The van der Waals surface area contributed by atoms with Gasteiger partial charge in [0.2, 0.25) is 11.7 Å². The van der Waals surface area contributed by atoms with Gasteiger partial charge in [-0.05, 0) is 18.2 Å². The number of nitrogens with zero attached hydrogens (tertiary/aromatic N) is 5. The second-order valence-electron chi connectivity index (χ2n) is 3.76. The molecule has 0 aliphatic carbocycles. The number of hydrogen-bond donors (Lipinski definition) is 0. The summed E-state index contributed by atoms with van der Waals surface area (Å²) in [6.45, 7) is 0.362. The molecule has 0 bridgehead atoms. The number of aromatic nitrogens is 5. The van der Waals surface area contributed by atoms with Gasteiger partial charge in [0.25, 0.3) is 0 Å². The fourth-order valence-corrected chi connectivity index (χ4v) is 2.10. The molecule has 0 amide bonds. The first-order valence-electron chi connectivity index (χ1n) is 5.32. The van der Waals surface area contributed by atoms with Gasteiger partial charge in [0.1, 0.15) is 19.2 Å². The molecule has 3 rings (SSSR count). The highest BCUT2D eigenvalue weighted by molar-refractivity contribution is 6.35. The van der Waals surface area contributed by atoms with E-state index in [4.69, 9.17) is 27.7 Å². The Kier molecular flexibility index (Phi) is 3.18. The van der Waals surface area contributed by atoms with E-state index in [1.807, 2.05) is 0 Å². The monoisotopic (exact) mass is 295 g/mol. The normalized spacial score (nSPS) is 10.8. The molecule has 0 aliphatic rings. The van der Waals surface area contributed by atoms with Crippen LogP contribution in [0, 0.1) is 0 Å². The van der Waals surface area contributed by atoms with Gasteiger partial charge in [-0.3, -0.25) is 0 Å². The Morgan fingerprint density at radius 2 is 1.95 bits per heavy atom. The predicted octanol–water partition coefficient (Wildman–Crippen LogP) is 2.68. The maximum atomic E-state index is 5.93. The van der Waals surface area contributed by atoms with Crippen molar-refractivity contribution in [2.24, 2.45) is 0 Å². The van der Waals surface area contributed by atoms with Crippen LogP contribution in [-0.4, -0.2) is 24.9 Å². The van der Waals surface area contributed by atoms with Crippen molar-refractivity contribution in [1.82, 2.24) is 24.9 Å². The van der Waals surface area contributed by atoms with Gasteiger partial charge in [0.05, 0.1) is 0 Å². The van der Waals surface area contributed by atoms with Gasteiger partial charge >= 0.3 is 0 Å². The average molecular weight is 296 g/mol. The van der Waals surface area contributed by atoms with E-state index in [0.29, 0.717) is 33.9 Å². The molecule has 0 N–H and O–H groups in total. The zero-order valence-corrected chi connectivity index (χ0v) is 11.0. The first-order chi connectivity index (χ1) is 9.20. The molecule has 3 aromatic rings. The molecule has 96 valence electrons. The first kappa shape index (κ1) is 12.1. The van der Waals surface area contributed by atoms with E-state index in [1.165, 1.54) is 6.33 Å². The summed E-state index contributed by atoms with van der Waals surface area (Å²) in [6.07, 6.45) is 3.01. The third-order valence-electron chi connectivity index (χ3n) is 2.35. The zero-order valence-electron chi connectivity index (χ0n) is 9.49. The van der Waals surface area contributed by atoms with Crippen LogP contribution in [0.5, 0.6) is 0 Å². The topological polar surface area (TPSA) is 69.6 Å². The molecule has 0 unspecified atom stereocenters. The SMILES string of the molecule is Clc1cc(Cl)cc(-c2noc(Cn3cncn3)n2)c1. The summed E-state index contributed by atoms with van der Waals surface area (Å²) in [5.41, 5.74) is 0.700. The molecule has 0 atom stereocenters. The lowest BCUT2D eigenvalue weighted by atomic mass is 10.2. The van der Waals surface area contributed by atoms with Crippen LogP contribution in [0.25, 0.3) is 11.4 Å². The Balaban J connectivity index is 1.88. The average Bonchev–Trinajstić information content (AvgIpc) is 2.99. The van der Waals surface area contributed by atoms with Crippen LogP contribution in [0.3, 0.4) is 0 Å². The fraction of sp³-hybridized carbons (Fsp3) is 0.0909.